The van der Waals surface area contributed by atoms with Gasteiger partial charge in [-0.3, -0.25) is 4.79 Å². The van der Waals surface area contributed by atoms with Gasteiger partial charge in [-0.05, 0) is 37.0 Å². The van der Waals surface area contributed by atoms with Crippen molar-refractivity contribution in [1.82, 2.24) is 4.90 Å². The Kier molecular flexibility index (Phi) is 5.84. The monoisotopic (exact) mass is 339 g/mol. The number of hydrogen-bond acceptors (Lipinski definition) is 3. The molecule has 4 nitrogen and oxygen atoms in total. The standard InChI is InChI=1S/C21H25NO3/c1-16-15-25-19(14-23)13-22(16)21(24)20-10-6-5-9-18(20)12-11-17-7-3-2-4-8-17/h2-10,16,19,23H,11-15H2,1H3. The Bertz CT molecular complexity index is 701. The summed E-state index contributed by atoms with van der Waals surface area (Å²) in [5, 5.41) is 9.35. The summed E-state index contributed by atoms with van der Waals surface area (Å²) in [7, 11) is 0. The summed E-state index contributed by atoms with van der Waals surface area (Å²) in [6, 6.07) is 18.2. The van der Waals surface area contributed by atoms with E-state index in [1.807, 2.05) is 54.3 Å². The lowest BCUT2D eigenvalue weighted by molar-refractivity contribution is -0.0667. The summed E-state index contributed by atoms with van der Waals surface area (Å²) in [5.74, 6) is 0.0258. The van der Waals surface area contributed by atoms with Crippen LogP contribution in [0.25, 0.3) is 0 Å². The van der Waals surface area contributed by atoms with Gasteiger partial charge < -0.3 is 14.7 Å². The second kappa shape index (κ2) is 8.28. The number of amides is 1. The number of carbonyl (C=O) groups excluding carboxylic acids is 1. The predicted molar refractivity (Wildman–Crippen MR) is 97.6 cm³/mol. The first-order chi connectivity index (χ1) is 12.2. The van der Waals surface area contributed by atoms with E-state index in [0.29, 0.717) is 13.2 Å². The second-order valence-corrected chi connectivity index (χ2v) is 6.59. The Morgan fingerprint density at radius 2 is 1.84 bits per heavy atom. The fraction of sp³-hybridized carbons (Fsp3) is 0.381. The highest BCUT2D eigenvalue weighted by atomic mass is 16.5. The molecule has 1 fully saturated rings. The lowest BCUT2D eigenvalue weighted by Crippen LogP contribution is -2.52. The zero-order valence-electron chi connectivity index (χ0n) is 14.6. The molecule has 25 heavy (non-hydrogen) atoms. The fourth-order valence-electron chi connectivity index (χ4n) is 3.24. The van der Waals surface area contributed by atoms with Crippen molar-refractivity contribution in [2.45, 2.75) is 31.9 Å². The van der Waals surface area contributed by atoms with E-state index in [-0.39, 0.29) is 24.7 Å². The van der Waals surface area contributed by atoms with E-state index >= 15 is 0 Å². The van der Waals surface area contributed by atoms with E-state index in [4.69, 9.17) is 4.74 Å². The van der Waals surface area contributed by atoms with Crippen LogP contribution in [0.15, 0.2) is 54.6 Å². The van der Waals surface area contributed by atoms with Gasteiger partial charge >= 0.3 is 0 Å². The van der Waals surface area contributed by atoms with Crippen LogP contribution in [-0.2, 0) is 17.6 Å². The molecule has 132 valence electrons. The molecule has 0 aliphatic carbocycles. The Hall–Kier alpha value is -2.17. The van der Waals surface area contributed by atoms with Crippen molar-refractivity contribution in [1.29, 1.82) is 0 Å². The topological polar surface area (TPSA) is 49.8 Å². The molecule has 4 heteroatoms. The Morgan fingerprint density at radius 1 is 1.12 bits per heavy atom. The number of aryl methyl sites for hydroxylation is 2. The van der Waals surface area contributed by atoms with Gasteiger partial charge in [-0.2, -0.15) is 0 Å². The van der Waals surface area contributed by atoms with Gasteiger partial charge in [-0.25, -0.2) is 0 Å². The molecule has 0 saturated carbocycles. The molecule has 1 aliphatic rings. The molecule has 3 rings (SSSR count). The number of aliphatic hydroxyl groups excluding tert-OH is 1. The lowest BCUT2D eigenvalue weighted by Gasteiger charge is -2.37. The number of rotatable bonds is 5. The van der Waals surface area contributed by atoms with Crippen LogP contribution in [0.4, 0.5) is 0 Å². The van der Waals surface area contributed by atoms with Crippen molar-refractivity contribution in [3.05, 3.63) is 71.3 Å². The van der Waals surface area contributed by atoms with E-state index in [1.165, 1.54) is 5.56 Å². The lowest BCUT2D eigenvalue weighted by atomic mass is 9.98. The van der Waals surface area contributed by atoms with Crippen molar-refractivity contribution in [3.8, 4) is 0 Å². The zero-order valence-corrected chi connectivity index (χ0v) is 14.6. The molecule has 1 saturated heterocycles. The minimum Gasteiger partial charge on any atom is -0.394 e. The zero-order chi connectivity index (χ0) is 17.6. The molecule has 0 radical (unpaired) electrons. The smallest absolute Gasteiger partial charge is 0.254 e. The first kappa shape index (κ1) is 17.6. The van der Waals surface area contributed by atoms with Crippen LogP contribution < -0.4 is 0 Å². The fourth-order valence-corrected chi connectivity index (χ4v) is 3.24. The van der Waals surface area contributed by atoms with Gasteiger partial charge in [0.05, 0.1) is 25.4 Å². The third-order valence-corrected chi connectivity index (χ3v) is 4.74. The molecule has 2 aromatic rings. The number of morpholine rings is 1. The molecule has 2 atom stereocenters. The first-order valence-electron chi connectivity index (χ1n) is 8.84. The normalized spacial score (nSPS) is 20.5. The van der Waals surface area contributed by atoms with Crippen LogP contribution >= 0.6 is 0 Å². The molecular formula is C21H25NO3. The molecule has 1 N–H and O–H groups in total. The maximum atomic E-state index is 13.1. The number of hydrogen-bond donors (Lipinski definition) is 1. The number of benzene rings is 2. The van der Waals surface area contributed by atoms with Crippen LogP contribution in [0.5, 0.6) is 0 Å². The van der Waals surface area contributed by atoms with Crippen molar-refractivity contribution in [2.75, 3.05) is 19.8 Å². The van der Waals surface area contributed by atoms with Gasteiger partial charge in [0.2, 0.25) is 0 Å². The van der Waals surface area contributed by atoms with Crippen molar-refractivity contribution in [3.63, 3.8) is 0 Å². The average molecular weight is 339 g/mol. The quantitative estimate of drug-likeness (QED) is 0.911. The summed E-state index contributed by atoms with van der Waals surface area (Å²) in [6.07, 6.45) is 1.44. The van der Waals surface area contributed by atoms with Gasteiger partial charge in [-0.15, -0.1) is 0 Å². The van der Waals surface area contributed by atoms with Gasteiger partial charge in [0, 0.05) is 12.1 Å². The van der Waals surface area contributed by atoms with E-state index in [2.05, 4.69) is 12.1 Å². The minimum atomic E-state index is -0.295. The van der Waals surface area contributed by atoms with Crippen LogP contribution in [-0.4, -0.2) is 47.8 Å². The highest BCUT2D eigenvalue weighted by molar-refractivity contribution is 5.96. The van der Waals surface area contributed by atoms with E-state index in [9.17, 15) is 9.90 Å². The molecule has 1 amide bonds. The number of carbonyl (C=O) groups is 1. The van der Waals surface area contributed by atoms with Crippen LogP contribution in [0.3, 0.4) is 0 Å². The van der Waals surface area contributed by atoms with Crippen LogP contribution in [0.2, 0.25) is 0 Å². The van der Waals surface area contributed by atoms with Crippen LogP contribution in [0, 0.1) is 0 Å². The second-order valence-electron chi connectivity index (χ2n) is 6.59. The maximum Gasteiger partial charge on any atom is 0.254 e. The van der Waals surface area contributed by atoms with Crippen LogP contribution in [0.1, 0.15) is 28.4 Å². The first-order valence-corrected chi connectivity index (χ1v) is 8.84. The van der Waals surface area contributed by atoms with Crippen molar-refractivity contribution in [2.24, 2.45) is 0 Å². The highest BCUT2D eigenvalue weighted by Gasteiger charge is 2.30. The third kappa shape index (κ3) is 4.27. The summed E-state index contributed by atoms with van der Waals surface area (Å²) in [6.45, 7) is 2.82. The van der Waals surface area contributed by atoms with E-state index in [1.54, 1.807) is 0 Å². The largest absolute Gasteiger partial charge is 0.394 e. The molecular weight excluding hydrogens is 314 g/mol. The molecule has 1 heterocycles. The molecule has 2 aromatic carbocycles. The van der Waals surface area contributed by atoms with E-state index < -0.39 is 0 Å². The number of aliphatic hydroxyl groups is 1. The van der Waals surface area contributed by atoms with Crippen molar-refractivity contribution < 1.29 is 14.6 Å². The molecule has 0 aromatic heterocycles. The summed E-state index contributed by atoms with van der Waals surface area (Å²) in [4.78, 5) is 14.9. The Labute approximate surface area is 149 Å². The molecule has 1 aliphatic heterocycles. The van der Waals surface area contributed by atoms with E-state index in [0.717, 1.165) is 24.0 Å². The summed E-state index contributed by atoms with van der Waals surface area (Å²) in [5.41, 5.74) is 3.09. The SMILES string of the molecule is CC1COC(CO)CN1C(=O)c1ccccc1CCc1ccccc1. The highest BCUT2D eigenvalue weighted by Crippen LogP contribution is 2.19. The van der Waals surface area contributed by atoms with Gasteiger partial charge in [0.25, 0.3) is 5.91 Å². The molecule has 2 unspecified atom stereocenters. The number of ether oxygens (including phenoxy) is 1. The summed E-state index contributed by atoms with van der Waals surface area (Å²) < 4.78 is 5.55. The van der Waals surface area contributed by atoms with Gasteiger partial charge in [0.1, 0.15) is 0 Å². The van der Waals surface area contributed by atoms with Gasteiger partial charge in [-0.1, -0.05) is 48.5 Å². The number of nitrogens with zero attached hydrogens (tertiary/aromatic N) is 1. The minimum absolute atomic E-state index is 0.0116. The molecule has 0 spiro atoms. The maximum absolute atomic E-state index is 13.1. The van der Waals surface area contributed by atoms with Crippen molar-refractivity contribution >= 4 is 5.91 Å². The Morgan fingerprint density at radius 3 is 2.60 bits per heavy atom. The predicted octanol–water partition coefficient (Wildman–Crippen LogP) is 2.69. The average Bonchev–Trinajstić information content (AvgIpc) is 2.67. The Balaban J connectivity index is 1.76. The summed E-state index contributed by atoms with van der Waals surface area (Å²) >= 11 is 0. The molecule has 0 bridgehead atoms. The third-order valence-electron chi connectivity index (χ3n) is 4.74. The van der Waals surface area contributed by atoms with Gasteiger partial charge in [0.15, 0.2) is 0 Å².